The Labute approximate surface area is 115 Å². The zero-order valence-electron chi connectivity index (χ0n) is 12.6. The van der Waals surface area contributed by atoms with Crippen molar-refractivity contribution in [2.24, 2.45) is 11.1 Å². The number of aliphatic carboxylic acids is 1. The van der Waals surface area contributed by atoms with E-state index >= 15 is 0 Å². The molecule has 1 atom stereocenters. The van der Waals surface area contributed by atoms with Gasteiger partial charge in [0.25, 0.3) is 0 Å². The third-order valence-corrected chi connectivity index (χ3v) is 3.49. The van der Waals surface area contributed by atoms with Gasteiger partial charge in [0, 0.05) is 6.42 Å². The van der Waals surface area contributed by atoms with Crippen LogP contribution in [0.5, 0.6) is 0 Å². The highest BCUT2D eigenvalue weighted by atomic mass is 16.4. The Hall–Kier alpha value is -1.10. The number of amides is 1. The van der Waals surface area contributed by atoms with Crippen molar-refractivity contribution in [3.8, 4) is 0 Å². The molecule has 0 aromatic rings. The molecule has 0 bridgehead atoms. The van der Waals surface area contributed by atoms with Crippen LogP contribution in [0.4, 0.5) is 0 Å². The van der Waals surface area contributed by atoms with E-state index in [1.807, 2.05) is 6.92 Å². The van der Waals surface area contributed by atoms with Crippen LogP contribution in [0.25, 0.3) is 0 Å². The lowest BCUT2D eigenvalue weighted by Crippen LogP contribution is -2.52. The molecule has 0 spiro atoms. The van der Waals surface area contributed by atoms with Gasteiger partial charge in [0.2, 0.25) is 5.91 Å². The van der Waals surface area contributed by atoms with Gasteiger partial charge in [-0.3, -0.25) is 4.79 Å². The van der Waals surface area contributed by atoms with Crippen LogP contribution in [-0.4, -0.2) is 29.1 Å². The lowest BCUT2D eigenvalue weighted by atomic mass is 9.84. The maximum absolute atomic E-state index is 11.9. The first-order valence-electron chi connectivity index (χ1n) is 6.91. The molecule has 0 heterocycles. The summed E-state index contributed by atoms with van der Waals surface area (Å²) in [5.41, 5.74) is 4.37. The number of rotatable bonds is 9. The van der Waals surface area contributed by atoms with Gasteiger partial charge in [-0.2, -0.15) is 0 Å². The van der Waals surface area contributed by atoms with Gasteiger partial charge in [0.15, 0.2) is 0 Å². The average molecular weight is 272 g/mol. The molecule has 0 radical (unpaired) electrons. The van der Waals surface area contributed by atoms with Gasteiger partial charge in [0.1, 0.15) is 5.54 Å². The highest BCUT2D eigenvalue weighted by Gasteiger charge is 2.33. The van der Waals surface area contributed by atoms with Gasteiger partial charge in [-0.25, -0.2) is 4.79 Å². The van der Waals surface area contributed by atoms with E-state index in [9.17, 15) is 14.7 Å². The molecule has 1 amide bonds. The first kappa shape index (κ1) is 17.9. The zero-order valence-corrected chi connectivity index (χ0v) is 12.6. The second kappa shape index (κ2) is 7.48. The van der Waals surface area contributed by atoms with Crippen LogP contribution in [0.2, 0.25) is 0 Å². The summed E-state index contributed by atoms with van der Waals surface area (Å²) in [4.78, 5) is 23.1. The first-order valence-corrected chi connectivity index (χ1v) is 6.91. The van der Waals surface area contributed by atoms with Gasteiger partial charge in [0.05, 0.1) is 0 Å². The molecule has 0 aromatic carbocycles. The van der Waals surface area contributed by atoms with Gasteiger partial charge in [-0.05, 0) is 38.1 Å². The molecule has 0 saturated heterocycles. The van der Waals surface area contributed by atoms with Crippen molar-refractivity contribution in [1.82, 2.24) is 5.32 Å². The van der Waals surface area contributed by atoms with E-state index in [1.54, 1.807) is 6.92 Å². The van der Waals surface area contributed by atoms with Crippen molar-refractivity contribution in [3.05, 3.63) is 0 Å². The van der Waals surface area contributed by atoms with E-state index in [-0.39, 0.29) is 11.3 Å². The molecular formula is C14H28N2O3. The molecule has 0 aliphatic carbocycles. The SMILES string of the molecule is CCCC(C)(NC(=O)CCC(C)(C)CCN)C(=O)O. The normalized spacial score (nSPS) is 14.8. The maximum atomic E-state index is 11.9. The molecule has 5 heteroatoms. The monoisotopic (exact) mass is 272 g/mol. The second-order valence-corrected chi connectivity index (χ2v) is 6.14. The Kier molecular flexibility index (Phi) is 7.05. The fraction of sp³-hybridized carbons (Fsp3) is 0.857. The summed E-state index contributed by atoms with van der Waals surface area (Å²) in [6.45, 7) is 8.18. The number of hydrogen-bond acceptors (Lipinski definition) is 3. The van der Waals surface area contributed by atoms with E-state index in [2.05, 4.69) is 19.2 Å². The molecule has 5 nitrogen and oxygen atoms in total. The van der Waals surface area contributed by atoms with Crippen molar-refractivity contribution >= 4 is 11.9 Å². The van der Waals surface area contributed by atoms with Crippen LogP contribution in [-0.2, 0) is 9.59 Å². The molecule has 19 heavy (non-hydrogen) atoms. The van der Waals surface area contributed by atoms with Gasteiger partial charge < -0.3 is 16.2 Å². The van der Waals surface area contributed by atoms with Crippen molar-refractivity contribution in [3.63, 3.8) is 0 Å². The minimum atomic E-state index is -1.16. The number of carbonyl (C=O) groups excluding carboxylic acids is 1. The van der Waals surface area contributed by atoms with Crippen LogP contribution in [0, 0.1) is 5.41 Å². The minimum absolute atomic E-state index is 0.0104. The van der Waals surface area contributed by atoms with Crippen molar-refractivity contribution in [2.75, 3.05) is 6.54 Å². The zero-order chi connectivity index (χ0) is 15.1. The smallest absolute Gasteiger partial charge is 0.329 e. The highest BCUT2D eigenvalue weighted by Crippen LogP contribution is 2.26. The molecule has 1 unspecified atom stereocenters. The molecule has 112 valence electrons. The molecule has 0 aliphatic heterocycles. The fourth-order valence-corrected chi connectivity index (χ4v) is 2.06. The predicted octanol–water partition coefficient (Wildman–Crippen LogP) is 1.90. The van der Waals surface area contributed by atoms with Gasteiger partial charge in [-0.15, -0.1) is 0 Å². The third-order valence-electron chi connectivity index (χ3n) is 3.49. The van der Waals surface area contributed by atoms with E-state index < -0.39 is 11.5 Å². The van der Waals surface area contributed by atoms with Crippen LogP contribution in [0.1, 0.15) is 59.8 Å². The van der Waals surface area contributed by atoms with Crippen LogP contribution in [0.15, 0.2) is 0 Å². The lowest BCUT2D eigenvalue weighted by molar-refractivity contribution is -0.147. The van der Waals surface area contributed by atoms with E-state index in [0.717, 1.165) is 6.42 Å². The Morgan fingerprint density at radius 3 is 2.16 bits per heavy atom. The van der Waals surface area contributed by atoms with E-state index in [1.165, 1.54) is 0 Å². The highest BCUT2D eigenvalue weighted by molar-refractivity contribution is 5.86. The first-order chi connectivity index (χ1) is 8.67. The van der Waals surface area contributed by atoms with Crippen molar-refractivity contribution < 1.29 is 14.7 Å². The van der Waals surface area contributed by atoms with Crippen LogP contribution in [0.3, 0.4) is 0 Å². The number of carboxylic acids is 1. The molecule has 0 saturated carbocycles. The molecular weight excluding hydrogens is 244 g/mol. The minimum Gasteiger partial charge on any atom is -0.480 e. The molecule has 0 fully saturated rings. The van der Waals surface area contributed by atoms with E-state index in [0.29, 0.717) is 32.2 Å². The number of hydrogen-bond donors (Lipinski definition) is 3. The van der Waals surface area contributed by atoms with Crippen molar-refractivity contribution in [2.45, 2.75) is 65.3 Å². The summed E-state index contributed by atoms with van der Waals surface area (Å²) in [6.07, 6.45) is 3.03. The topological polar surface area (TPSA) is 92.4 Å². The summed E-state index contributed by atoms with van der Waals surface area (Å²) in [6, 6.07) is 0. The Morgan fingerprint density at radius 1 is 1.16 bits per heavy atom. The van der Waals surface area contributed by atoms with Gasteiger partial charge >= 0.3 is 5.97 Å². The fourth-order valence-electron chi connectivity index (χ4n) is 2.06. The summed E-state index contributed by atoms with van der Waals surface area (Å²) >= 11 is 0. The summed E-state index contributed by atoms with van der Waals surface area (Å²) in [5, 5.41) is 11.8. The lowest BCUT2D eigenvalue weighted by Gasteiger charge is -2.27. The standard InChI is InChI=1S/C14H28N2O3/c1-5-7-14(4,12(18)19)16-11(17)6-8-13(2,3)9-10-15/h5-10,15H2,1-4H3,(H,16,17)(H,18,19). The Balaban J connectivity index is 4.40. The second-order valence-electron chi connectivity index (χ2n) is 6.14. The maximum Gasteiger partial charge on any atom is 0.329 e. The predicted molar refractivity (Wildman–Crippen MR) is 75.8 cm³/mol. The Morgan fingerprint density at radius 2 is 1.74 bits per heavy atom. The average Bonchev–Trinajstić information content (AvgIpc) is 2.26. The van der Waals surface area contributed by atoms with Crippen LogP contribution < -0.4 is 11.1 Å². The largest absolute Gasteiger partial charge is 0.480 e. The molecule has 0 aliphatic rings. The van der Waals surface area contributed by atoms with E-state index in [4.69, 9.17) is 5.73 Å². The Bertz CT molecular complexity index is 316. The quantitative estimate of drug-likeness (QED) is 0.597. The van der Waals surface area contributed by atoms with Crippen LogP contribution >= 0.6 is 0 Å². The van der Waals surface area contributed by atoms with Gasteiger partial charge in [-0.1, -0.05) is 27.2 Å². The van der Waals surface area contributed by atoms with Crippen molar-refractivity contribution in [1.29, 1.82) is 0 Å². The number of nitrogens with one attached hydrogen (secondary N) is 1. The number of nitrogens with two attached hydrogens (primary N) is 1. The molecule has 0 rings (SSSR count). The molecule has 4 N–H and O–H groups in total. The summed E-state index contributed by atoms with van der Waals surface area (Å²) in [7, 11) is 0. The number of carbonyl (C=O) groups is 2. The summed E-state index contributed by atoms with van der Waals surface area (Å²) < 4.78 is 0. The summed E-state index contributed by atoms with van der Waals surface area (Å²) in [5.74, 6) is -1.19. The third kappa shape index (κ3) is 6.57. The molecule has 0 aromatic heterocycles. The number of carboxylic acid groups (broad SMARTS) is 1.